The van der Waals surface area contributed by atoms with Crippen LogP contribution in [0.2, 0.25) is 0 Å². The van der Waals surface area contributed by atoms with E-state index in [2.05, 4.69) is 43.4 Å². The van der Waals surface area contributed by atoms with Gasteiger partial charge >= 0.3 is 0 Å². The van der Waals surface area contributed by atoms with Crippen molar-refractivity contribution in [2.45, 2.75) is 71.3 Å². The quantitative estimate of drug-likeness (QED) is 0.514. The predicted molar refractivity (Wildman–Crippen MR) is 92.0 cm³/mol. The first-order valence-electron chi connectivity index (χ1n) is 8.69. The Balaban J connectivity index is 2.42. The maximum atomic E-state index is 5.25. The first-order valence-corrected chi connectivity index (χ1v) is 8.69. The van der Waals surface area contributed by atoms with Crippen LogP contribution in [0.1, 0.15) is 76.8 Å². The van der Waals surface area contributed by atoms with Gasteiger partial charge in [-0.2, -0.15) is 0 Å². The van der Waals surface area contributed by atoms with Crippen molar-refractivity contribution in [3.8, 4) is 5.75 Å². The van der Waals surface area contributed by atoms with Crippen molar-refractivity contribution in [3.05, 3.63) is 29.8 Å². The van der Waals surface area contributed by atoms with E-state index in [9.17, 15) is 0 Å². The van der Waals surface area contributed by atoms with Crippen LogP contribution in [0, 0.1) is 0 Å². The van der Waals surface area contributed by atoms with Crippen molar-refractivity contribution in [2.24, 2.45) is 0 Å². The van der Waals surface area contributed by atoms with Crippen LogP contribution in [0.4, 0.5) is 0 Å². The molecule has 1 atom stereocenters. The Kier molecular flexibility index (Phi) is 9.98. The van der Waals surface area contributed by atoms with Crippen LogP contribution in [0.5, 0.6) is 5.75 Å². The van der Waals surface area contributed by atoms with E-state index in [1.165, 1.54) is 56.9 Å². The third-order valence-corrected chi connectivity index (χ3v) is 4.01. The second kappa shape index (κ2) is 11.6. The molecule has 21 heavy (non-hydrogen) atoms. The summed E-state index contributed by atoms with van der Waals surface area (Å²) in [5.41, 5.74) is 1.39. The highest BCUT2D eigenvalue weighted by atomic mass is 16.5. The highest BCUT2D eigenvalue weighted by molar-refractivity contribution is 5.29. The molecule has 0 heterocycles. The van der Waals surface area contributed by atoms with Gasteiger partial charge in [-0.3, -0.25) is 0 Å². The number of unbranched alkanes of at least 4 members (excludes halogenated alkanes) is 5. The Morgan fingerprint density at radius 2 is 1.57 bits per heavy atom. The largest absolute Gasteiger partial charge is 0.497 e. The minimum Gasteiger partial charge on any atom is -0.497 e. The summed E-state index contributed by atoms with van der Waals surface area (Å²) in [6.45, 7) is 5.59. The molecule has 0 saturated carbocycles. The molecule has 0 spiro atoms. The molecule has 0 fully saturated rings. The van der Waals surface area contributed by atoms with E-state index >= 15 is 0 Å². The van der Waals surface area contributed by atoms with Gasteiger partial charge in [0.2, 0.25) is 0 Å². The smallest absolute Gasteiger partial charge is 0.118 e. The maximum absolute atomic E-state index is 5.25. The van der Waals surface area contributed by atoms with Crippen LogP contribution in [0.15, 0.2) is 24.3 Å². The van der Waals surface area contributed by atoms with E-state index in [0.29, 0.717) is 6.04 Å². The molecule has 2 heteroatoms. The SMILES string of the molecule is CCCCCCCCC(NCCC)c1ccc(OC)cc1. The average molecular weight is 291 g/mol. The molecular weight excluding hydrogens is 258 g/mol. The van der Waals surface area contributed by atoms with Gasteiger partial charge in [-0.15, -0.1) is 0 Å². The Bertz CT molecular complexity index is 347. The minimum atomic E-state index is 0.488. The van der Waals surface area contributed by atoms with Crippen LogP contribution >= 0.6 is 0 Å². The molecule has 0 aliphatic carbocycles. The van der Waals surface area contributed by atoms with E-state index in [4.69, 9.17) is 4.74 Å². The summed E-state index contributed by atoms with van der Waals surface area (Å²) in [5, 5.41) is 3.68. The summed E-state index contributed by atoms with van der Waals surface area (Å²) >= 11 is 0. The van der Waals surface area contributed by atoms with Crippen molar-refractivity contribution >= 4 is 0 Å². The van der Waals surface area contributed by atoms with Crippen molar-refractivity contribution in [2.75, 3.05) is 13.7 Å². The Hall–Kier alpha value is -1.02. The summed E-state index contributed by atoms with van der Waals surface area (Å²) in [7, 11) is 1.72. The second-order valence-electron chi connectivity index (χ2n) is 5.84. The molecule has 1 rings (SSSR count). The highest BCUT2D eigenvalue weighted by Crippen LogP contribution is 2.23. The summed E-state index contributed by atoms with van der Waals surface area (Å²) in [6, 6.07) is 9.02. The van der Waals surface area contributed by atoms with Gasteiger partial charge in [0.15, 0.2) is 0 Å². The molecule has 1 unspecified atom stereocenters. The first kappa shape index (κ1) is 18.0. The first-order chi connectivity index (χ1) is 10.3. The van der Waals surface area contributed by atoms with Gasteiger partial charge in [0, 0.05) is 6.04 Å². The molecule has 0 aliphatic rings. The topological polar surface area (TPSA) is 21.3 Å². The zero-order valence-electron chi connectivity index (χ0n) is 14.2. The standard InChI is InChI=1S/C19H33NO/c1-4-6-7-8-9-10-11-19(20-16-5-2)17-12-14-18(21-3)15-13-17/h12-15,19-20H,4-11,16H2,1-3H3. The molecule has 0 amide bonds. The van der Waals surface area contributed by atoms with Crippen LogP contribution in [-0.4, -0.2) is 13.7 Å². The van der Waals surface area contributed by atoms with Crippen molar-refractivity contribution in [1.29, 1.82) is 0 Å². The lowest BCUT2D eigenvalue weighted by atomic mass is 9.99. The van der Waals surface area contributed by atoms with Crippen molar-refractivity contribution in [3.63, 3.8) is 0 Å². The number of nitrogens with one attached hydrogen (secondary N) is 1. The molecule has 0 bridgehead atoms. The Labute approximate surface area is 131 Å². The number of ether oxygens (including phenoxy) is 1. The highest BCUT2D eigenvalue weighted by Gasteiger charge is 2.10. The molecule has 0 aromatic heterocycles. The van der Waals surface area contributed by atoms with Crippen LogP contribution in [-0.2, 0) is 0 Å². The third-order valence-electron chi connectivity index (χ3n) is 4.01. The number of methoxy groups -OCH3 is 1. The van der Waals surface area contributed by atoms with E-state index in [-0.39, 0.29) is 0 Å². The Morgan fingerprint density at radius 3 is 2.19 bits per heavy atom. The number of benzene rings is 1. The molecule has 0 saturated heterocycles. The molecular formula is C19H33NO. The molecule has 120 valence electrons. The van der Waals surface area contributed by atoms with Crippen LogP contribution in [0.25, 0.3) is 0 Å². The number of rotatable bonds is 12. The van der Waals surface area contributed by atoms with Gasteiger partial charge in [0.1, 0.15) is 5.75 Å². The van der Waals surface area contributed by atoms with Crippen LogP contribution < -0.4 is 10.1 Å². The van der Waals surface area contributed by atoms with Gasteiger partial charge in [-0.25, -0.2) is 0 Å². The zero-order chi connectivity index (χ0) is 15.3. The molecule has 0 aliphatic heterocycles. The van der Waals surface area contributed by atoms with Crippen molar-refractivity contribution in [1.82, 2.24) is 5.32 Å². The van der Waals surface area contributed by atoms with E-state index < -0.39 is 0 Å². The summed E-state index contributed by atoms with van der Waals surface area (Å²) in [6.07, 6.45) is 10.6. The lowest BCUT2D eigenvalue weighted by molar-refractivity contribution is 0.413. The molecule has 2 nitrogen and oxygen atoms in total. The normalized spacial score (nSPS) is 12.3. The average Bonchev–Trinajstić information content (AvgIpc) is 2.53. The fourth-order valence-electron chi connectivity index (χ4n) is 2.67. The summed E-state index contributed by atoms with van der Waals surface area (Å²) in [4.78, 5) is 0. The van der Waals surface area contributed by atoms with Gasteiger partial charge < -0.3 is 10.1 Å². The van der Waals surface area contributed by atoms with Crippen LogP contribution in [0.3, 0.4) is 0 Å². The molecule has 1 aromatic carbocycles. The number of hydrogen-bond donors (Lipinski definition) is 1. The summed E-state index contributed by atoms with van der Waals surface area (Å²) < 4.78 is 5.25. The second-order valence-corrected chi connectivity index (χ2v) is 5.84. The van der Waals surface area contributed by atoms with E-state index in [0.717, 1.165) is 12.3 Å². The monoisotopic (exact) mass is 291 g/mol. The maximum Gasteiger partial charge on any atom is 0.118 e. The van der Waals surface area contributed by atoms with Gasteiger partial charge in [0.25, 0.3) is 0 Å². The fourth-order valence-corrected chi connectivity index (χ4v) is 2.67. The summed E-state index contributed by atoms with van der Waals surface area (Å²) in [5.74, 6) is 0.938. The molecule has 1 N–H and O–H groups in total. The predicted octanol–water partition coefficient (Wildman–Crippen LogP) is 5.49. The zero-order valence-corrected chi connectivity index (χ0v) is 14.2. The van der Waals surface area contributed by atoms with Gasteiger partial charge in [0.05, 0.1) is 7.11 Å². The lowest BCUT2D eigenvalue weighted by Gasteiger charge is -2.19. The number of hydrogen-bond acceptors (Lipinski definition) is 2. The van der Waals surface area contributed by atoms with E-state index in [1.807, 2.05) is 0 Å². The molecule has 0 radical (unpaired) electrons. The van der Waals surface area contributed by atoms with Gasteiger partial charge in [-0.1, -0.05) is 64.5 Å². The van der Waals surface area contributed by atoms with Gasteiger partial charge in [-0.05, 0) is 37.1 Å². The lowest BCUT2D eigenvalue weighted by Crippen LogP contribution is -2.22. The Morgan fingerprint density at radius 1 is 0.905 bits per heavy atom. The van der Waals surface area contributed by atoms with E-state index in [1.54, 1.807) is 7.11 Å². The third kappa shape index (κ3) is 7.52. The molecule has 1 aromatic rings. The fraction of sp³-hybridized carbons (Fsp3) is 0.684. The van der Waals surface area contributed by atoms with Crippen molar-refractivity contribution < 1.29 is 4.74 Å². The minimum absolute atomic E-state index is 0.488.